The molecule has 4 rings (SSSR count). The zero-order valence-electron chi connectivity index (χ0n) is 16.0. The molecule has 1 aliphatic rings. The predicted octanol–water partition coefficient (Wildman–Crippen LogP) is 3.70. The van der Waals surface area contributed by atoms with Gasteiger partial charge < -0.3 is 15.5 Å². The summed E-state index contributed by atoms with van der Waals surface area (Å²) < 4.78 is 0.883. The lowest BCUT2D eigenvalue weighted by molar-refractivity contribution is -0.115. The van der Waals surface area contributed by atoms with Gasteiger partial charge in [0, 0.05) is 18.5 Å². The Morgan fingerprint density at radius 2 is 2.07 bits per heavy atom. The summed E-state index contributed by atoms with van der Waals surface area (Å²) in [5.74, 6) is -0.144. The number of hydrogen-bond acceptors (Lipinski definition) is 8. The van der Waals surface area contributed by atoms with Gasteiger partial charge in [-0.05, 0) is 44.1 Å². The second-order valence-corrected chi connectivity index (χ2v) is 8.90. The van der Waals surface area contributed by atoms with E-state index >= 15 is 0 Å². The van der Waals surface area contributed by atoms with Crippen molar-refractivity contribution in [3.8, 4) is 6.07 Å². The molecule has 1 fully saturated rings. The molecule has 1 amide bonds. The molecule has 29 heavy (non-hydrogen) atoms. The summed E-state index contributed by atoms with van der Waals surface area (Å²) >= 11 is 2.89. The Morgan fingerprint density at radius 1 is 1.21 bits per heavy atom. The van der Waals surface area contributed by atoms with Gasteiger partial charge in [0.1, 0.15) is 0 Å². The Hall–Kier alpha value is -2.54. The molecule has 3 heterocycles. The first kappa shape index (κ1) is 19.8. The number of hydrogen-bond donors (Lipinski definition) is 2. The van der Waals surface area contributed by atoms with E-state index in [9.17, 15) is 4.79 Å². The molecule has 2 N–H and O–H groups in total. The second-order valence-electron chi connectivity index (χ2n) is 7.01. The van der Waals surface area contributed by atoms with E-state index < -0.39 is 0 Å². The van der Waals surface area contributed by atoms with Gasteiger partial charge >= 0.3 is 0 Å². The van der Waals surface area contributed by atoms with Crippen LogP contribution in [0.4, 0.5) is 10.3 Å². The van der Waals surface area contributed by atoms with Gasteiger partial charge in [-0.25, -0.2) is 9.97 Å². The number of aromatic nitrogens is 2. The molecule has 7 nitrogen and oxygen atoms in total. The molecule has 1 aromatic carbocycles. The van der Waals surface area contributed by atoms with Gasteiger partial charge in [-0.1, -0.05) is 17.8 Å². The van der Waals surface area contributed by atoms with Crippen molar-refractivity contribution in [3.05, 3.63) is 34.8 Å². The maximum absolute atomic E-state index is 12.4. The Kier molecular flexibility index (Phi) is 6.34. The number of likely N-dealkylation sites (tertiary alicyclic amines) is 1. The number of thiazole rings is 2. The Balaban J connectivity index is 1.27. The molecule has 0 aliphatic carbocycles. The van der Waals surface area contributed by atoms with Gasteiger partial charge in [-0.2, -0.15) is 5.26 Å². The Bertz CT molecular complexity index is 1030. The maximum atomic E-state index is 12.4. The molecule has 0 spiro atoms. The molecule has 2 aromatic heterocycles. The van der Waals surface area contributed by atoms with Crippen molar-refractivity contribution in [3.63, 3.8) is 0 Å². The van der Waals surface area contributed by atoms with Crippen molar-refractivity contribution in [2.45, 2.75) is 25.7 Å². The van der Waals surface area contributed by atoms with Crippen LogP contribution in [-0.4, -0.2) is 47.0 Å². The monoisotopic (exact) mass is 426 g/mol. The van der Waals surface area contributed by atoms with E-state index in [4.69, 9.17) is 5.26 Å². The van der Waals surface area contributed by atoms with E-state index in [1.165, 1.54) is 55.0 Å². The van der Waals surface area contributed by atoms with Gasteiger partial charge in [0.15, 0.2) is 10.3 Å². The highest BCUT2D eigenvalue weighted by molar-refractivity contribution is 7.22. The summed E-state index contributed by atoms with van der Waals surface area (Å²) in [4.78, 5) is 23.8. The smallest absolute Gasteiger partial charge is 0.232 e. The highest BCUT2D eigenvalue weighted by atomic mass is 32.1. The highest BCUT2D eigenvalue weighted by Crippen LogP contribution is 2.27. The number of piperidine rings is 1. The molecule has 150 valence electrons. The zero-order valence-corrected chi connectivity index (χ0v) is 17.6. The minimum Gasteiger partial charge on any atom is -0.360 e. The van der Waals surface area contributed by atoms with E-state index in [1.54, 1.807) is 18.2 Å². The SMILES string of the molecule is N#Cc1ccc2nc(NC(=O)Cc3csc(NCCN4CCCCC4)n3)sc2c1. The summed E-state index contributed by atoms with van der Waals surface area (Å²) in [7, 11) is 0. The number of nitriles is 1. The number of benzene rings is 1. The Labute approximate surface area is 177 Å². The van der Waals surface area contributed by atoms with E-state index in [0.29, 0.717) is 10.7 Å². The lowest BCUT2D eigenvalue weighted by Gasteiger charge is -2.26. The van der Waals surface area contributed by atoms with Crippen LogP contribution in [0.1, 0.15) is 30.5 Å². The molecule has 3 aromatic rings. The van der Waals surface area contributed by atoms with Crippen molar-refractivity contribution in [2.75, 3.05) is 36.8 Å². The largest absolute Gasteiger partial charge is 0.360 e. The molecule has 9 heteroatoms. The van der Waals surface area contributed by atoms with Crippen LogP contribution in [0.2, 0.25) is 0 Å². The second kappa shape index (κ2) is 9.31. The number of fused-ring (bicyclic) bond motifs is 1. The Morgan fingerprint density at radius 3 is 2.90 bits per heavy atom. The first-order chi connectivity index (χ1) is 14.2. The molecule has 0 bridgehead atoms. The van der Waals surface area contributed by atoms with Crippen molar-refractivity contribution < 1.29 is 4.79 Å². The lowest BCUT2D eigenvalue weighted by Crippen LogP contribution is -2.33. The molecular formula is C20H22N6OS2. The van der Waals surface area contributed by atoms with Crippen LogP contribution in [0.25, 0.3) is 10.2 Å². The zero-order chi connectivity index (χ0) is 20.1. The molecule has 0 saturated carbocycles. The van der Waals surface area contributed by atoms with Crippen LogP contribution in [-0.2, 0) is 11.2 Å². The van der Waals surface area contributed by atoms with Gasteiger partial charge in [0.2, 0.25) is 5.91 Å². The number of carbonyl (C=O) groups excluding carboxylic acids is 1. The van der Waals surface area contributed by atoms with Crippen molar-refractivity contribution in [1.29, 1.82) is 5.26 Å². The maximum Gasteiger partial charge on any atom is 0.232 e. The van der Waals surface area contributed by atoms with E-state index in [0.717, 1.165) is 34.1 Å². The molecule has 1 aliphatic heterocycles. The van der Waals surface area contributed by atoms with E-state index in [-0.39, 0.29) is 12.3 Å². The van der Waals surface area contributed by atoms with Gasteiger partial charge in [0.25, 0.3) is 0 Å². The van der Waals surface area contributed by atoms with Crippen molar-refractivity contribution >= 4 is 49.1 Å². The molecule has 0 unspecified atom stereocenters. The molecule has 0 atom stereocenters. The van der Waals surface area contributed by atoms with Crippen LogP contribution < -0.4 is 10.6 Å². The van der Waals surface area contributed by atoms with Gasteiger partial charge in [0.05, 0.1) is 34.0 Å². The van der Waals surface area contributed by atoms with Gasteiger partial charge in [-0.3, -0.25) is 4.79 Å². The van der Waals surface area contributed by atoms with Crippen LogP contribution in [0.15, 0.2) is 23.6 Å². The predicted molar refractivity (Wildman–Crippen MR) is 118 cm³/mol. The summed E-state index contributed by atoms with van der Waals surface area (Å²) in [6.07, 6.45) is 4.15. The number of anilines is 2. The topological polar surface area (TPSA) is 93.9 Å². The highest BCUT2D eigenvalue weighted by Gasteiger charge is 2.12. The molecule has 0 radical (unpaired) electrons. The van der Waals surface area contributed by atoms with Crippen LogP contribution in [0.5, 0.6) is 0 Å². The minimum absolute atomic E-state index is 0.144. The van der Waals surface area contributed by atoms with E-state index in [2.05, 4.69) is 31.6 Å². The van der Waals surface area contributed by atoms with Gasteiger partial charge in [-0.15, -0.1) is 11.3 Å². The fourth-order valence-electron chi connectivity index (χ4n) is 3.35. The van der Waals surface area contributed by atoms with Crippen LogP contribution in [0.3, 0.4) is 0 Å². The third-order valence-corrected chi connectivity index (χ3v) is 6.59. The number of rotatable bonds is 7. The third kappa shape index (κ3) is 5.29. The number of nitrogens with one attached hydrogen (secondary N) is 2. The van der Waals surface area contributed by atoms with E-state index in [1.807, 2.05) is 5.38 Å². The fourth-order valence-corrected chi connectivity index (χ4v) is 5.01. The summed E-state index contributed by atoms with van der Waals surface area (Å²) in [6.45, 7) is 4.28. The normalized spacial score (nSPS) is 14.6. The first-order valence-electron chi connectivity index (χ1n) is 9.71. The fraction of sp³-hybridized carbons (Fsp3) is 0.400. The minimum atomic E-state index is -0.144. The third-order valence-electron chi connectivity index (χ3n) is 4.81. The average Bonchev–Trinajstić information content (AvgIpc) is 3.34. The summed E-state index contributed by atoms with van der Waals surface area (Å²) in [6, 6.07) is 7.41. The van der Waals surface area contributed by atoms with Crippen LogP contribution >= 0.6 is 22.7 Å². The number of carbonyl (C=O) groups is 1. The quantitative estimate of drug-likeness (QED) is 0.598. The van der Waals surface area contributed by atoms with Crippen LogP contribution in [0, 0.1) is 11.3 Å². The van der Waals surface area contributed by atoms with Crippen molar-refractivity contribution in [2.24, 2.45) is 0 Å². The average molecular weight is 427 g/mol. The standard InChI is InChI=1S/C20H22N6OS2/c21-12-14-4-5-16-17(10-14)29-20(24-16)25-18(27)11-15-13-28-19(23-15)22-6-9-26-7-2-1-3-8-26/h4-5,10,13H,1-3,6-9,11H2,(H,22,23)(H,24,25,27). The number of amides is 1. The van der Waals surface area contributed by atoms with Crippen molar-refractivity contribution in [1.82, 2.24) is 14.9 Å². The first-order valence-corrected chi connectivity index (χ1v) is 11.4. The number of nitrogens with zero attached hydrogens (tertiary/aromatic N) is 4. The molecular weight excluding hydrogens is 404 g/mol. The lowest BCUT2D eigenvalue weighted by atomic mass is 10.1. The summed E-state index contributed by atoms with van der Waals surface area (Å²) in [5, 5.41) is 18.5. The molecule has 1 saturated heterocycles. The summed E-state index contributed by atoms with van der Waals surface area (Å²) in [5.41, 5.74) is 2.11.